The van der Waals surface area contributed by atoms with Gasteiger partial charge in [-0.15, -0.1) is 0 Å². The van der Waals surface area contributed by atoms with E-state index in [-0.39, 0.29) is 11.9 Å². The monoisotopic (exact) mass is 266 g/mol. The number of benzene rings is 1. The third kappa shape index (κ3) is 3.24. The SMILES string of the molecule is CC[C@@H](N)C(=O)N(Cc1ccc(Cl)cc1)C1CC1. The summed E-state index contributed by atoms with van der Waals surface area (Å²) in [5, 5.41) is 0.716. The van der Waals surface area contributed by atoms with Crippen LogP contribution in [-0.2, 0) is 11.3 Å². The molecule has 1 fully saturated rings. The molecule has 2 rings (SSSR count). The Bertz CT molecular complexity index is 414. The van der Waals surface area contributed by atoms with Crippen LogP contribution in [-0.4, -0.2) is 22.9 Å². The van der Waals surface area contributed by atoms with Crippen molar-refractivity contribution in [1.82, 2.24) is 4.90 Å². The van der Waals surface area contributed by atoms with E-state index in [4.69, 9.17) is 17.3 Å². The van der Waals surface area contributed by atoms with Crippen LogP contribution in [0.2, 0.25) is 5.02 Å². The third-order valence-electron chi connectivity index (χ3n) is 3.29. The predicted octanol–water partition coefficient (Wildman–Crippen LogP) is 2.57. The molecule has 0 radical (unpaired) electrons. The minimum atomic E-state index is -0.377. The van der Waals surface area contributed by atoms with Gasteiger partial charge < -0.3 is 10.6 Å². The minimum Gasteiger partial charge on any atom is -0.334 e. The van der Waals surface area contributed by atoms with Crippen LogP contribution < -0.4 is 5.73 Å². The maximum absolute atomic E-state index is 12.2. The second-order valence-electron chi connectivity index (χ2n) is 4.84. The fourth-order valence-corrected chi connectivity index (χ4v) is 2.07. The van der Waals surface area contributed by atoms with Crippen molar-refractivity contribution in [3.63, 3.8) is 0 Å². The second kappa shape index (κ2) is 5.72. The number of rotatable bonds is 5. The maximum atomic E-state index is 12.2. The molecule has 1 amide bonds. The zero-order valence-electron chi connectivity index (χ0n) is 10.6. The van der Waals surface area contributed by atoms with E-state index >= 15 is 0 Å². The van der Waals surface area contributed by atoms with Crippen LogP contribution in [0.4, 0.5) is 0 Å². The lowest BCUT2D eigenvalue weighted by molar-refractivity contribution is -0.133. The van der Waals surface area contributed by atoms with Crippen LogP contribution in [0.1, 0.15) is 31.7 Å². The summed E-state index contributed by atoms with van der Waals surface area (Å²) >= 11 is 5.86. The Labute approximate surface area is 113 Å². The molecule has 98 valence electrons. The summed E-state index contributed by atoms with van der Waals surface area (Å²) in [6, 6.07) is 7.63. The Morgan fingerprint density at radius 2 is 2.06 bits per heavy atom. The van der Waals surface area contributed by atoms with Gasteiger partial charge in [0.2, 0.25) is 5.91 Å². The minimum absolute atomic E-state index is 0.0648. The molecule has 1 atom stereocenters. The molecule has 1 aromatic rings. The lowest BCUT2D eigenvalue weighted by atomic mass is 10.1. The maximum Gasteiger partial charge on any atom is 0.240 e. The molecular formula is C14H19ClN2O. The molecule has 1 aliphatic rings. The van der Waals surface area contributed by atoms with Crippen molar-refractivity contribution in [3.05, 3.63) is 34.9 Å². The quantitative estimate of drug-likeness (QED) is 0.890. The van der Waals surface area contributed by atoms with E-state index in [0.29, 0.717) is 24.0 Å². The summed E-state index contributed by atoms with van der Waals surface area (Å²) in [5.74, 6) is 0.0648. The van der Waals surface area contributed by atoms with Crippen LogP contribution in [0.3, 0.4) is 0 Å². The molecule has 0 saturated heterocycles. The molecule has 18 heavy (non-hydrogen) atoms. The van der Waals surface area contributed by atoms with Gasteiger partial charge in [0.05, 0.1) is 6.04 Å². The van der Waals surface area contributed by atoms with Crippen molar-refractivity contribution < 1.29 is 4.79 Å². The van der Waals surface area contributed by atoms with Gasteiger partial charge >= 0.3 is 0 Å². The van der Waals surface area contributed by atoms with Crippen molar-refractivity contribution in [1.29, 1.82) is 0 Å². The van der Waals surface area contributed by atoms with Crippen molar-refractivity contribution in [2.24, 2.45) is 5.73 Å². The van der Waals surface area contributed by atoms with Gasteiger partial charge in [-0.1, -0.05) is 30.7 Å². The average Bonchev–Trinajstić information content (AvgIpc) is 3.20. The normalized spacial score (nSPS) is 16.4. The van der Waals surface area contributed by atoms with Gasteiger partial charge in [-0.3, -0.25) is 4.79 Å². The van der Waals surface area contributed by atoms with Crippen LogP contribution in [0, 0.1) is 0 Å². The van der Waals surface area contributed by atoms with Crippen LogP contribution in [0.15, 0.2) is 24.3 Å². The van der Waals surface area contributed by atoms with Crippen LogP contribution >= 0.6 is 11.6 Å². The second-order valence-corrected chi connectivity index (χ2v) is 5.27. The average molecular weight is 267 g/mol. The molecule has 4 heteroatoms. The first-order valence-corrected chi connectivity index (χ1v) is 6.80. The number of hydrogen-bond donors (Lipinski definition) is 1. The molecule has 1 aromatic carbocycles. The predicted molar refractivity (Wildman–Crippen MR) is 73.3 cm³/mol. The highest BCUT2D eigenvalue weighted by Gasteiger charge is 2.34. The van der Waals surface area contributed by atoms with E-state index in [2.05, 4.69) is 0 Å². The smallest absolute Gasteiger partial charge is 0.240 e. The summed E-state index contributed by atoms with van der Waals surface area (Å²) in [5.41, 5.74) is 6.95. The first-order valence-electron chi connectivity index (χ1n) is 6.42. The molecule has 0 heterocycles. The van der Waals surface area contributed by atoms with Gasteiger partial charge in [0.15, 0.2) is 0 Å². The summed E-state index contributed by atoms with van der Waals surface area (Å²) in [6.07, 6.45) is 2.87. The number of nitrogens with zero attached hydrogens (tertiary/aromatic N) is 1. The van der Waals surface area contributed by atoms with E-state index < -0.39 is 0 Å². The lowest BCUT2D eigenvalue weighted by Gasteiger charge is -2.25. The highest BCUT2D eigenvalue weighted by molar-refractivity contribution is 6.30. The number of nitrogens with two attached hydrogens (primary N) is 1. The zero-order chi connectivity index (χ0) is 13.1. The standard InChI is InChI=1S/C14H19ClN2O/c1-2-13(16)14(18)17(12-7-8-12)9-10-3-5-11(15)6-4-10/h3-6,12-13H,2,7-9,16H2,1H3/t13-/m1/s1. The van der Waals surface area contributed by atoms with E-state index in [0.717, 1.165) is 18.4 Å². The molecule has 0 bridgehead atoms. The topological polar surface area (TPSA) is 46.3 Å². The molecule has 0 spiro atoms. The molecule has 0 unspecified atom stereocenters. The van der Waals surface area contributed by atoms with Gasteiger partial charge in [0.1, 0.15) is 0 Å². The van der Waals surface area contributed by atoms with E-state index in [1.54, 1.807) is 0 Å². The number of halogens is 1. The molecule has 3 nitrogen and oxygen atoms in total. The van der Waals surface area contributed by atoms with Crippen LogP contribution in [0.25, 0.3) is 0 Å². The number of amides is 1. The van der Waals surface area contributed by atoms with E-state index in [1.807, 2.05) is 36.1 Å². The number of carbonyl (C=O) groups is 1. The molecule has 0 aliphatic heterocycles. The van der Waals surface area contributed by atoms with E-state index in [9.17, 15) is 4.79 Å². The molecular weight excluding hydrogens is 248 g/mol. The van der Waals surface area contributed by atoms with Crippen LogP contribution in [0.5, 0.6) is 0 Å². The zero-order valence-corrected chi connectivity index (χ0v) is 11.4. The Morgan fingerprint density at radius 3 is 2.56 bits per heavy atom. The lowest BCUT2D eigenvalue weighted by Crippen LogP contribution is -2.44. The molecule has 1 aliphatic carbocycles. The van der Waals surface area contributed by atoms with Gasteiger partial charge in [0.25, 0.3) is 0 Å². The molecule has 2 N–H and O–H groups in total. The van der Waals surface area contributed by atoms with Crippen molar-refractivity contribution in [3.8, 4) is 0 Å². The molecule has 0 aromatic heterocycles. The number of carbonyl (C=O) groups excluding carboxylic acids is 1. The fourth-order valence-electron chi connectivity index (χ4n) is 1.95. The number of hydrogen-bond acceptors (Lipinski definition) is 2. The van der Waals surface area contributed by atoms with Gasteiger partial charge in [-0.25, -0.2) is 0 Å². The Balaban J connectivity index is 2.06. The summed E-state index contributed by atoms with van der Waals surface area (Å²) in [4.78, 5) is 14.1. The summed E-state index contributed by atoms with van der Waals surface area (Å²) < 4.78 is 0. The first kappa shape index (κ1) is 13.4. The Kier molecular flexibility index (Phi) is 4.25. The van der Waals surface area contributed by atoms with Gasteiger partial charge in [0, 0.05) is 17.6 Å². The highest BCUT2D eigenvalue weighted by atomic mass is 35.5. The summed E-state index contributed by atoms with van der Waals surface area (Å²) in [6.45, 7) is 2.57. The highest BCUT2D eigenvalue weighted by Crippen LogP contribution is 2.29. The van der Waals surface area contributed by atoms with Gasteiger partial charge in [-0.2, -0.15) is 0 Å². The largest absolute Gasteiger partial charge is 0.334 e. The summed E-state index contributed by atoms with van der Waals surface area (Å²) in [7, 11) is 0. The van der Waals surface area contributed by atoms with Gasteiger partial charge in [-0.05, 0) is 37.0 Å². The third-order valence-corrected chi connectivity index (χ3v) is 3.55. The van der Waals surface area contributed by atoms with Crippen molar-refractivity contribution in [2.45, 2.75) is 44.8 Å². The first-order chi connectivity index (χ1) is 8.61. The van der Waals surface area contributed by atoms with Crippen molar-refractivity contribution in [2.75, 3.05) is 0 Å². The fraction of sp³-hybridized carbons (Fsp3) is 0.500. The van der Waals surface area contributed by atoms with Crippen molar-refractivity contribution >= 4 is 17.5 Å². The Morgan fingerprint density at radius 1 is 1.44 bits per heavy atom. The van der Waals surface area contributed by atoms with E-state index in [1.165, 1.54) is 0 Å². The Hall–Kier alpha value is -1.06. The molecule has 1 saturated carbocycles.